The normalized spacial score (nSPS) is 26.4. The van der Waals surface area contributed by atoms with Gasteiger partial charge >= 0.3 is 0 Å². The molecule has 8 heteroatoms. The molecule has 1 aromatic rings. The molecule has 3 aliphatic rings. The molecule has 3 heterocycles. The van der Waals surface area contributed by atoms with Crippen LogP contribution in [0.3, 0.4) is 0 Å². The van der Waals surface area contributed by atoms with Gasteiger partial charge in [-0.3, -0.25) is 19.2 Å². The highest BCUT2D eigenvalue weighted by molar-refractivity contribution is 5.92. The standard InChI is InChI=1S/C16H24N4O2.CH2O2/c1-18-6-11-7-20(8-13(18)10-22-9-11)16(21)14-5-15(12-3-4-12)19(2)17-14;2-1-3/h5,11-13H,3-4,6-10H2,1-2H3;1H,(H,2,3)/t11-,13+;/m1./s1. The average molecular weight is 350 g/mol. The maximum Gasteiger partial charge on any atom is 0.290 e. The van der Waals surface area contributed by atoms with Crippen molar-refractivity contribution in [2.24, 2.45) is 13.0 Å². The van der Waals surface area contributed by atoms with Crippen molar-refractivity contribution in [2.45, 2.75) is 24.8 Å². The third-order valence-corrected chi connectivity index (χ3v) is 5.16. The van der Waals surface area contributed by atoms with Gasteiger partial charge in [-0.25, -0.2) is 0 Å². The maximum atomic E-state index is 12.9. The largest absolute Gasteiger partial charge is 0.483 e. The van der Waals surface area contributed by atoms with E-state index in [1.54, 1.807) is 0 Å². The summed E-state index contributed by atoms with van der Waals surface area (Å²) in [4.78, 5) is 25.6. The minimum Gasteiger partial charge on any atom is -0.483 e. The number of amides is 1. The van der Waals surface area contributed by atoms with E-state index in [1.807, 2.05) is 22.7 Å². The smallest absolute Gasteiger partial charge is 0.290 e. The highest BCUT2D eigenvalue weighted by Gasteiger charge is 2.35. The van der Waals surface area contributed by atoms with Gasteiger partial charge in [-0.15, -0.1) is 0 Å². The number of aromatic nitrogens is 2. The molecule has 2 atom stereocenters. The molecule has 2 aliphatic heterocycles. The summed E-state index contributed by atoms with van der Waals surface area (Å²) in [5.41, 5.74) is 1.81. The summed E-state index contributed by atoms with van der Waals surface area (Å²) >= 11 is 0. The molecule has 1 amide bonds. The first-order valence-electron chi connectivity index (χ1n) is 8.72. The predicted molar refractivity (Wildman–Crippen MR) is 90.5 cm³/mol. The van der Waals surface area contributed by atoms with Crippen LogP contribution in [0.15, 0.2) is 6.07 Å². The number of rotatable bonds is 2. The Kier molecular flexibility index (Phi) is 5.39. The third-order valence-electron chi connectivity index (χ3n) is 5.16. The van der Waals surface area contributed by atoms with Crippen LogP contribution in [0.4, 0.5) is 0 Å². The van der Waals surface area contributed by atoms with Gasteiger partial charge in [-0.05, 0) is 26.0 Å². The summed E-state index contributed by atoms with van der Waals surface area (Å²) < 4.78 is 7.62. The van der Waals surface area contributed by atoms with E-state index < -0.39 is 0 Å². The van der Waals surface area contributed by atoms with Crippen LogP contribution in [0, 0.1) is 5.92 Å². The summed E-state index contributed by atoms with van der Waals surface area (Å²) in [6, 6.07) is 2.30. The van der Waals surface area contributed by atoms with Crippen LogP contribution in [0.25, 0.3) is 0 Å². The lowest BCUT2D eigenvalue weighted by Crippen LogP contribution is -2.44. The van der Waals surface area contributed by atoms with Gasteiger partial charge in [0.1, 0.15) is 0 Å². The van der Waals surface area contributed by atoms with Gasteiger partial charge in [0.05, 0.1) is 19.3 Å². The predicted octanol–water partition coefficient (Wildman–Crippen LogP) is 0.401. The number of aryl methyl sites for hydroxylation is 1. The molecule has 4 rings (SSSR count). The Balaban J connectivity index is 0.000000569. The van der Waals surface area contributed by atoms with Crippen LogP contribution in [0.2, 0.25) is 0 Å². The number of carbonyl (C=O) groups is 2. The van der Waals surface area contributed by atoms with E-state index in [1.165, 1.54) is 18.5 Å². The van der Waals surface area contributed by atoms with Crippen LogP contribution < -0.4 is 0 Å². The first-order chi connectivity index (χ1) is 12.0. The lowest BCUT2D eigenvalue weighted by molar-refractivity contribution is -0.122. The molecule has 0 spiro atoms. The van der Waals surface area contributed by atoms with Crippen LogP contribution >= 0.6 is 0 Å². The Morgan fingerprint density at radius 1 is 1.28 bits per heavy atom. The van der Waals surface area contributed by atoms with Crippen molar-refractivity contribution in [2.75, 3.05) is 39.9 Å². The number of likely N-dealkylation sites (N-methyl/N-ethyl adjacent to an activating group) is 1. The fraction of sp³-hybridized carbons (Fsp3) is 0.706. The number of ether oxygens (including phenoxy) is 1. The van der Waals surface area contributed by atoms with Gasteiger partial charge in [-0.1, -0.05) is 0 Å². The number of hydrogen-bond donors (Lipinski definition) is 1. The summed E-state index contributed by atoms with van der Waals surface area (Å²) in [6.45, 7) is 3.73. The molecule has 8 nitrogen and oxygen atoms in total. The van der Waals surface area contributed by atoms with Gasteiger partial charge in [0.25, 0.3) is 12.4 Å². The number of hydrogen-bond acceptors (Lipinski definition) is 5. The Bertz CT molecular complexity index is 628. The SMILES string of the molecule is CN1C[C@H]2COC[C@@H]1CN(C(=O)c1cc(C3CC3)n(C)n1)C2.O=CO. The van der Waals surface area contributed by atoms with Crippen molar-refractivity contribution in [3.8, 4) is 0 Å². The molecular formula is C17H26N4O4. The Labute approximate surface area is 147 Å². The highest BCUT2D eigenvalue weighted by atomic mass is 16.5. The molecule has 3 fully saturated rings. The summed E-state index contributed by atoms with van der Waals surface area (Å²) in [5, 5.41) is 11.4. The van der Waals surface area contributed by atoms with E-state index in [2.05, 4.69) is 17.0 Å². The van der Waals surface area contributed by atoms with Gasteiger partial charge in [0.2, 0.25) is 0 Å². The van der Waals surface area contributed by atoms with E-state index in [0.29, 0.717) is 30.2 Å². The fourth-order valence-electron chi connectivity index (χ4n) is 3.73. The van der Waals surface area contributed by atoms with E-state index in [0.717, 1.165) is 26.2 Å². The van der Waals surface area contributed by atoms with Gasteiger partial charge < -0.3 is 14.7 Å². The van der Waals surface area contributed by atoms with Crippen LogP contribution in [-0.2, 0) is 16.6 Å². The zero-order chi connectivity index (χ0) is 18.0. The zero-order valence-electron chi connectivity index (χ0n) is 14.8. The minimum atomic E-state index is -0.250. The first kappa shape index (κ1) is 17.9. The van der Waals surface area contributed by atoms with Crippen molar-refractivity contribution in [3.05, 3.63) is 17.5 Å². The second-order valence-electron chi connectivity index (χ2n) is 7.16. The highest BCUT2D eigenvalue weighted by Crippen LogP contribution is 2.40. The van der Waals surface area contributed by atoms with E-state index in [9.17, 15) is 4.79 Å². The molecule has 1 saturated carbocycles. The van der Waals surface area contributed by atoms with Crippen molar-refractivity contribution in [1.82, 2.24) is 19.6 Å². The van der Waals surface area contributed by atoms with Gasteiger partial charge in [0, 0.05) is 44.2 Å². The zero-order valence-corrected chi connectivity index (χ0v) is 14.8. The molecule has 0 aromatic carbocycles. The summed E-state index contributed by atoms with van der Waals surface area (Å²) in [5.74, 6) is 1.09. The number of nitrogens with zero attached hydrogens (tertiary/aromatic N) is 4. The van der Waals surface area contributed by atoms with Crippen molar-refractivity contribution in [3.63, 3.8) is 0 Å². The van der Waals surface area contributed by atoms with Crippen LogP contribution in [-0.4, -0.2) is 83.0 Å². The van der Waals surface area contributed by atoms with Crippen molar-refractivity contribution >= 4 is 12.4 Å². The quantitative estimate of drug-likeness (QED) is 0.777. The van der Waals surface area contributed by atoms with E-state index >= 15 is 0 Å². The number of fused-ring (bicyclic) bond motifs is 3. The lowest BCUT2D eigenvalue weighted by atomic mass is 10.1. The second kappa shape index (κ2) is 7.53. The molecule has 2 saturated heterocycles. The average Bonchev–Trinajstić information content (AvgIpc) is 3.35. The Hall–Kier alpha value is -1.93. The second-order valence-corrected chi connectivity index (χ2v) is 7.16. The topological polar surface area (TPSA) is 87.9 Å². The molecule has 1 aliphatic carbocycles. The van der Waals surface area contributed by atoms with E-state index in [4.69, 9.17) is 14.6 Å². The molecule has 0 radical (unpaired) electrons. The van der Waals surface area contributed by atoms with Crippen molar-refractivity contribution in [1.29, 1.82) is 0 Å². The Morgan fingerprint density at radius 2 is 2.00 bits per heavy atom. The minimum absolute atomic E-state index is 0.0784. The van der Waals surface area contributed by atoms with Crippen molar-refractivity contribution < 1.29 is 19.4 Å². The third kappa shape index (κ3) is 4.01. The molecule has 138 valence electrons. The summed E-state index contributed by atoms with van der Waals surface area (Å²) in [6.07, 6.45) is 2.45. The molecular weight excluding hydrogens is 324 g/mol. The number of carbonyl (C=O) groups excluding carboxylic acids is 1. The summed E-state index contributed by atoms with van der Waals surface area (Å²) in [7, 11) is 4.08. The van der Waals surface area contributed by atoms with Gasteiger partial charge in [0.15, 0.2) is 5.69 Å². The van der Waals surface area contributed by atoms with Crippen LogP contribution in [0.5, 0.6) is 0 Å². The Morgan fingerprint density at radius 3 is 2.68 bits per heavy atom. The van der Waals surface area contributed by atoms with Gasteiger partial charge in [-0.2, -0.15) is 5.10 Å². The molecule has 1 N–H and O–H groups in total. The first-order valence-corrected chi connectivity index (χ1v) is 8.72. The molecule has 1 aromatic heterocycles. The molecule has 25 heavy (non-hydrogen) atoms. The lowest BCUT2D eigenvalue weighted by Gasteiger charge is -2.29. The fourth-order valence-corrected chi connectivity index (χ4v) is 3.73. The maximum absolute atomic E-state index is 12.9. The van der Waals surface area contributed by atoms with E-state index in [-0.39, 0.29) is 12.4 Å². The number of carboxylic acid groups (broad SMARTS) is 1. The monoisotopic (exact) mass is 350 g/mol. The van der Waals surface area contributed by atoms with Crippen LogP contribution in [0.1, 0.15) is 34.9 Å². The molecule has 0 unspecified atom stereocenters. The molecule has 2 bridgehead atoms.